The van der Waals surface area contributed by atoms with Gasteiger partial charge in [0, 0.05) is 24.8 Å². The van der Waals surface area contributed by atoms with Crippen LogP contribution in [0.2, 0.25) is 0 Å². The quantitative estimate of drug-likeness (QED) is 0.900. The van der Waals surface area contributed by atoms with Crippen molar-refractivity contribution in [1.82, 2.24) is 4.90 Å². The molecule has 0 aliphatic carbocycles. The average molecular weight is 322 g/mol. The highest BCUT2D eigenvalue weighted by atomic mass is 16.5. The van der Waals surface area contributed by atoms with Gasteiger partial charge in [0.15, 0.2) is 11.5 Å². The maximum atomic E-state index is 12.5. The summed E-state index contributed by atoms with van der Waals surface area (Å²) in [5.74, 6) is 1.18. The van der Waals surface area contributed by atoms with Crippen molar-refractivity contribution in [2.75, 3.05) is 32.6 Å². The average Bonchev–Trinajstić information content (AvgIpc) is 2.52. The molecule has 1 saturated heterocycles. The molecule has 0 aromatic heterocycles. The molecule has 1 aromatic carbocycles. The first-order chi connectivity index (χ1) is 10.9. The zero-order chi connectivity index (χ0) is 17.0. The van der Waals surface area contributed by atoms with Gasteiger partial charge in [0.25, 0.3) is 0 Å². The summed E-state index contributed by atoms with van der Waals surface area (Å²) in [5, 5.41) is 2.94. The van der Waals surface area contributed by atoms with Crippen molar-refractivity contribution in [3.63, 3.8) is 0 Å². The number of carbonyl (C=O) groups excluding carboxylic acids is 1. The van der Waals surface area contributed by atoms with E-state index in [1.165, 1.54) is 0 Å². The molecular weight excluding hydrogens is 296 g/mol. The fourth-order valence-electron chi connectivity index (χ4n) is 2.86. The van der Waals surface area contributed by atoms with Crippen LogP contribution in [0.1, 0.15) is 20.8 Å². The molecule has 0 spiro atoms. The van der Waals surface area contributed by atoms with E-state index in [-0.39, 0.29) is 24.2 Å². The van der Waals surface area contributed by atoms with E-state index in [2.05, 4.69) is 10.2 Å². The maximum Gasteiger partial charge on any atom is 0.241 e. The zero-order valence-corrected chi connectivity index (χ0v) is 14.5. The van der Waals surface area contributed by atoms with Crippen molar-refractivity contribution < 1.29 is 19.0 Å². The summed E-state index contributed by atoms with van der Waals surface area (Å²) in [6, 6.07) is 5.11. The number of nitrogens with one attached hydrogen (secondary N) is 1. The molecule has 6 nitrogen and oxygen atoms in total. The van der Waals surface area contributed by atoms with Crippen molar-refractivity contribution in [2.24, 2.45) is 0 Å². The first kappa shape index (κ1) is 17.6. The van der Waals surface area contributed by atoms with Crippen LogP contribution in [0.3, 0.4) is 0 Å². The monoisotopic (exact) mass is 322 g/mol. The highest BCUT2D eigenvalue weighted by Gasteiger charge is 2.29. The summed E-state index contributed by atoms with van der Waals surface area (Å²) in [7, 11) is 3.15. The van der Waals surface area contributed by atoms with E-state index < -0.39 is 0 Å². The highest BCUT2D eigenvalue weighted by Crippen LogP contribution is 2.29. The van der Waals surface area contributed by atoms with Crippen molar-refractivity contribution in [3.8, 4) is 11.5 Å². The second-order valence-electron chi connectivity index (χ2n) is 5.95. The summed E-state index contributed by atoms with van der Waals surface area (Å²) in [5.41, 5.74) is 0.689. The number of nitrogens with zero attached hydrogens (tertiary/aromatic N) is 1. The van der Waals surface area contributed by atoms with Crippen LogP contribution in [0.25, 0.3) is 0 Å². The lowest BCUT2D eigenvalue weighted by Gasteiger charge is -2.38. The number of ether oxygens (including phenoxy) is 3. The topological polar surface area (TPSA) is 60.0 Å². The predicted molar refractivity (Wildman–Crippen MR) is 89.2 cm³/mol. The first-order valence-corrected chi connectivity index (χ1v) is 7.87. The van der Waals surface area contributed by atoms with Gasteiger partial charge in [-0.05, 0) is 32.9 Å². The molecule has 0 saturated carbocycles. The molecule has 6 heteroatoms. The van der Waals surface area contributed by atoms with Crippen LogP contribution < -0.4 is 14.8 Å². The largest absolute Gasteiger partial charge is 0.493 e. The number of benzene rings is 1. The first-order valence-electron chi connectivity index (χ1n) is 7.87. The van der Waals surface area contributed by atoms with Crippen LogP contribution >= 0.6 is 0 Å². The van der Waals surface area contributed by atoms with Gasteiger partial charge >= 0.3 is 0 Å². The Morgan fingerprint density at radius 1 is 1.22 bits per heavy atom. The third-order valence-corrected chi connectivity index (χ3v) is 4.03. The Morgan fingerprint density at radius 2 is 1.83 bits per heavy atom. The molecule has 23 heavy (non-hydrogen) atoms. The molecule has 1 fully saturated rings. The molecule has 1 aliphatic heterocycles. The Kier molecular flexibility index (Phi) is 5.85. The number of methoxy groups -OCH3 is 2. The van der Waals surface area contributed by atoms with Crippen LogP contribution in [0.15, 0.2) is 18.2 Å². The van der Waals surface area contributed by atoms with Gasteiger partial charge in [-0.3, -0.25) is 9.69 Å². The molecule has 0 radical (unpaired) electrons. The normalized spacial score (nSPS) is 23.2. The van der Waals surface area contributed by atoms with Gasteiger partial charge in [-0.2, -0.15) is 0 Å². The third kappa shape index (κ3) is 4.36. The molecule has 2 rings (SSSR count). The molecule has 1 N–H and O–H groups in total. The number of hydrogen-bond acceptors (Lipinski definition) is 5. The number of anilines is 1. The molecule has 128 valence electrons. The van der Waals surface area contributed by atoms with Crippen LogP contribution in [-0.2, 0) is 9.53 Å². The minimum atomic E-state index is -0.225. The summed E-state index contributed by atoms with van der Waals surface area (Å²) in [6.45, 7) is 7.49. The van der Waals surface area contributed by atoms with Crippen molar-refractivity contribution in [3.05, 3.63) is 18.2 Å². The SMILES string of the molecule is COc1ccc(NC(=O)[C@H](C)N2C[C@H](C)O[C@@H](C)C2)cc1OC. The summed E-state index contributed by atoms with van der Waals surface area (Å²) >= 11 is 0. The molecular formula is C17H26N2O4. The second-order valence-corrected chi connectivity index (χ2v) is 5.95. The summed E-state index contributed by atoms with van der Waals surface area (Å²) < 4.78 is 16.2. The van der Waals surface area contributed by atoms with E-state index in [1.54, 1.807) is 32.4 Å². The molecule has 1 aliphatic rings. The smallest absolute Gasteiger partial charge is 0.241 e. The van der Waals surface area contributed by atoms with Crippen LogP contribution in [0.4, 0.5) is 5.69 Å². The van der Waals surface area contributed by atoms with Gasteiger partial charge in [0.2, 0.25) is 5.91 Å². The number of amides is 1. The van der Waals surface area contributed by atoms with E-state index >= 15 is 0 Å². The van der Waals surface area contributed by atoms with E-state index in [9.17, 15) is 4.79 Å². The van der Waals surface area contributed by atoms with Gasteiger partial charge < -0.3 is 19.5 Å². The summed E-state index contributed by atoms with van der Waals surface area (Å²) in [6.07, 6.45) is 0.269. The fraction of sp³-hybridized carbons (Fsp3) is 0.588. The number of rotatable bonds is 5. The lowest BCUT2D eigenvalue weighted by molar-refractivity contribution is -0.126. The number of carbonyl (C=O) groups is 1. The zero-order valence-electron chi connectivity index (χ0n) is 14.5. The van der Waals surface area contributed by atoms with E-state index in [0.29, 0.717) is 17.2 Å². The molecule has 1 amide bonds. The van der Waals surface area contributed by atoms with Gasteiger partial charge in [0.1, 0.15) is 0 Å². The Morgan fingerprint density at radius 3 is 2.39 bits per heavy atom. The Balaban J connectivity index is 2.03. The Bertz CT molecular complexity index is 539. The molecule has 0 unspecified atom stereocenters. The van der Waals surface area contributed by atoms with E-state index in [1.807, 2.05) is 20.8 Å². The highest BCUT2D eigenvalue weighted by molar-refractivity contribution is 5.94. The predicted octanol–water partition coefficient (Wildman–Crippen LogP) is 2.14. The van der Waals surface area contributed by atoms with Gasteiger partial charge in [-0.15, -0.1) is 0 Å². The minimum Gasteiger partial charge on any atom is -0.493 e. The second kappa shape index (κ2) is 7.66. The fourth-order valence-corrected chi connectivity index (χ4v) is 2.86. The number of morpholine rings is 1. The van der Waals surface area contributed by atoms with Crippen LogP contribution in [0.5, 0.6) is 11.5 Å². The van der Waals surface area contributed by atoms with Crippen LogP contribution in [0, 0.1) is 0 Å². The van der Waals surface area contributed by atoms with Crippen molar-refractivity contribution in [1.29, 1.82) is 0 Å². The van der Waals surface area contributed by atoms with E-state index in [0.717, 1.165) is 13.1 Å². The Hall–Kier alpha value is -1.79. The van der Waals surface area contributed by atoms with Crippen molar-refractivity contribution in [2.45, 2.75) is 39.0 Å². The standard InChI is InChI=1S/C17H26N2O4/c1-11-9-19(10-12(2)23-11)13(3)17(20)18-14-6-7-15(21-4)16(8-14)22-5/h6-8,11-13H,9-10H2,1-5H3,(H,18,20)/t11-,12-,13-/m0/s1. The van der Waals surface area contributed by atoms with Crippen molar-refractivity contribution >= 4 is 11.6 Å². The van der Waals surface area contributed by atoms with E-state index in [4.69, 9.17) is 14.2 Å². The minimum absolute atomic E-state index is 0.0430. The third-order valence-electron chi connectivity index (χ3n) is 4.03. The van der Waals surface area contributed by atoms with Gasteiger partial charge in [0.05, 0.1) is 32.5 Å². The summed E-state index contributed by atoms with van der Waals surface area (Å²) in [4.78, 5) is 14.7. The lowest BCUT2D eigenvalue weighted by atomic mass is 10.1. The number of hydrogen-bond donors (Lipinski definition) is 1. The molecule has 1 aromatic rings. The Labute approximate surface area is 137 Å². The van der Waals surface area contributed by atoms with Gasteiger partial charge in [-0.1, -0.05) is 0 Å². The molecule has 1 heterocycles. The van der Waals surface area contributed by atoms with Gasteiger partial charge in [-0.25, -0.2) is 0 Å². The van der Waals surface area contributed by atoms with Crippen LogP contribution in [-0.4, -0.2) is 56.4 Å². The molecule has 3 atom stereocenters. The maximum absolute atomic E-state index is 12.5. The molecule has 0 bridgehead atoms. The lowest BCUT2D eigenvalue weighted by Crippen LogP contribution is -2.52.